The van der Waals surface area contributed by atoms with Crippen LogP contribution in [0, 0.1) is 0 Å². The fraction of sp³-hybridized carbons (Fsp3) is 0.0909. The molecule has 1 heteroatoms. The summed E-state index contributed by atoms with van der Waals surface area (Å²) in [6.45, 7) is 9.98. The van der Waals surface area contributed by atoms with Crippen LogP contribution in [-0.4, -0.2) is 8.07 Å². The van der Waals surface area contributed by atoms with Crippen LogP contribution in [0.25, 0.3) is 0 Å². The van der Waals surface area contributed by atoms with Gasteiger partial charge in [0.25, 0.3) is 0 Å². The number of hydrogen-bond donors (Lipinski definition) is 0. The van der Waals surface area contributed by atoms with E-state index in [1.807, 2.05) is 6.07 Å². The van der Waals surface area contributed by atoms with Crippen molar-refractivity contribution in [1.82, 2.24) is 0 Å². The molecule has 0 saturated carbocycles. The molecule has 0 amide bonds. The summed E-state index contributed by atoms with van der Waals surface area (Å²) >= 11 is 0. The van der Waals surface area contributed by atoms with E-state index in [0.29, 0.717) is 0 Å². The third-order valence-electron chi connectivity index (χ3n) is 2.24. The average molecular weight is 174 g/mol. The van der Waals surface area contributed by atoms with Gasteiger partial charge >= 0.3 is 0 Å². The molecule has 0 aliphatic heterocycles. The lowest BCUT2D eigenvalue weighted by Crippen LogP contribution is -2.40. The van der Waals surface area contributed by atoms with Gasteiger partial charge in [0, 0.05) is 0 Å². The molecule has 0 N–H and O–H groups in total. The van der Waals surface area contributed by atoms with Gasteiger partial charge in [-0.2, -0.15) is 0 Å². The first-order valence-corrected chi connectivity index (χ1v) is 6.71. The average Bonchev–Trinajstić information content (AvgIpc) is 2.18. The maximum Gasteiger partial charge on any atom is 0.129 e. The second-order valence-electron chi connectivity index (χ2n) is 3.06. The highest BCUT2D eigenvalue weighted by molar-refractivity contribution is 6.98. The molecule has 0 aromatic heterocycles. The number of hydrogen-bond acceptors (Lipinski definition) is 0. The quantitative estimate of drug-likeness (QED) is 0.617. The zero-order valence-electron chi connectivity index (χ0n) is 7.46. The first kappa shape index (κ1) is 9.01. The van der Waals surface area contributed by atoms with Gasteiger partial charge in [0.05, 0.1) is 0 Å². The lowest BCUT2D eigenvalue weighted by Gasteiger charge is -2.18. The summed E-state index contributed by atoms with van der Waals surface area (Å²) < 4.78 is 0. The van der Waals surface area contributed by atoms with Gasteiger partial charge in [0.2, 0.25) is 0 Å². The summed E-state index contributed by atoms with van der Waals surface area (Å²) in [4.78, 5) is 0. The molecule has 12 heavy (non-hydrogen) atoms. The normalized spacial score (nSPS) is 10.8. The van der Waals surface area contributed by atoms with Crippen molar-refractivity contribution in [2.45, 2.75) is 6.55 Å². The highest BCUT2D eigenvalue weighted by Gasteiger charge is 2.20. The van der Waals surface area contributed by atoms with Gasteiger partial charge in [-0.3, -0.25) is 0 Å². The largest absolute Gasteiger partial charge is 0.129 e. The molecule has 0 atom stereocenters. The van der Waals surface area contributed by atoms with Crippen LogP contribution < -0.4 is 5.19 Å². The molecule has 0 nitrogen and oxygen atoms in total. The second kappa shape index (κ2) is 3.54. The van der Waals surface area contributed by atoms with Gasteiger partial charge < -0.3 is 0 Å². The molecular weight excluding hydrogens is 160 g/mol. The highest BCUT2D eigenvalue weighted by atomic mass is 28.3. The van der Waals surface area contributed by atoms with Crippen molar-refractivity contribution >= 4 is 13.3 Å². The molecule has 0 unspecified atom stereocenters. The van der Waals surface area contributed by atoms with Crippen molar-refractivity contribution in [1.29, 1.82) is 0 Å². The number of benzene rings is 1. The van der Waals surface area contributed by atoms with E-state index >= 15 is 0 Å². The first-order valence-electron chi connectivity index (χ1n) is 4.05. The molecule has 0 radical (unpaired) electrons. The van der Waals surface area contributed by atoms with Crippen LogP contribution >= 0.6 is 0 Å². The third kappa shape index (κ3) is 1.56. The van der Waals surface area contributed by atoms with E-state index in [4.69, 9.17) is 0 Å². The molecular formula is C11H14Si. The van der Waals surface area contributed by atoms with Gasteiger partial charge in [-0.05, 0) is 0 Å². The van der Waals surface area contributed by atoms with Crippen LogP contribution in [0.3, 0.4) is 0 Å². The first-order chi connectivity index (χ1) is 5.73. The molecule has 0 heterocycles. The highest BCUT2D eigenvalue weighted by Crippen LogP contribution is 2.05. The van der Waals surface area contributed by atoms with E-state index in [0.717, 1.165) is 0 Å². The van der Waals surface area contributed by atoms with E-state index < -0.39 is 8.07 Å². The van der Waals surface area contributed by atoms with E-state index in [2.05, 4.69) is 55.4 Å². The Morgan fingerprint density at radius 3 is 2.00 bits per heavy atom. The predicted molar refractivity (Wildman–Crippen MR) is 58.1 cm³/mol. The fourth-order valence-electron chi connectivity index (χ4n) is 1.12. The van der Waals surface area contributed by atoms with Crippen molar-refractivity contribution in [3.8, 4) is 0 Å². The van der Waals surface area contributed by atoms with Crippen molar-refractivity contribution in [2.75, 3.05) is 0 Å². The molecule has 0 bridgehead atoms. The van der Waals surface area contributed by atoms with Crippen LogP contribution in [0.2, 0.25) is 6.55 Å². The van der Waals surface area contributed by atoms with E-state index in [9.17, 15) is 0 Å². The minimum atomic E-state index is -1.55. The molecule has 0 aliphatic carbocycles. The summed E-state index contributed by atoms with van der Waals surface area (Å²) in [7, 11) is -1.55. The molecule has 1 aromatic carbocycles. The summed E-state index contributed by atoms with van der Waals surface area (Å²) in [5.41, 5.74) is 4.10. The summed E-state index contributed by atoms with van der Waals surface area (Å²) in [5, 5.41) is 1.37. The standard InChI is InChI=1S/C11H14Si/c1-4-12(3,5-2)11-9-7-6-8-10-11/h4-10H,1-2H2,3H3. The molecule has 0 fully saturated rings. The lowest BCUT2D eigenvalue weighted by molar-refractivity contribution is 1.73. The summed E-state index contributed by atoms with van der Waals surface area (Å²) in [6, 6.07) is 10.5. The topological polar surface area (TPSA) is 0 Å². The zero-order valence-corrected chi connectivity index (χ0v) is 8.46. The maximum atomic E-state index is 3.87. The van der Waals surface area contributed by atoms with Gasteiger partial charge in [0.1, 0.15) is 8.07 Å². The van der Waals surface area contributed by atoms with Gasteiger partial charge in [-0.15, -0.1) is 13.2 Å². The zero-order chi connectivity index (χ0) is 9.03. The van der Waals surface area contributed by atoms with Crippen LogP contribution in [0.15, 0.2) is 54.9 Å². The van der Waals surface area contributed by atoms with Crippen molar-refractivity contribution in [3.63, 3.8) is 0 Å². The SMILES string of the molecule is C=C[Si](C)(C=C)c1ccccc1. The van der Waals surface area contributed by atoms with E-state index in [1.165, 1.54) is 5.19 Å². The van der Waals surface area contributed by atoms with Gasteiger partial charge in [-0.25, -0.2) is 0 Å². The lowest BCUT2D eigenvalue weighted by atomic mass is 10.4. The third-order valence-corrected chi connectivity index (χ3v) is 5.52. The van der Waals surface area contributed by atoms with Crippen LogP contribution in [0.4, 0.5) is 0 Å². The van der Waals surface area contributed by atoms with Crippen LogP contribution in [0.1, 0.15) is 0 Å². The smallest absolute Gasteiger partial charge is 0.106 e. The van der Waals surface area contributed by atoms with E-state index in [-0.39, 0.29) is 0 Å². The summed E-state index contributed by atoms with van der Waals surface area (Å²) in [5.74, 6) is 0. The Morgan fingerprint density at radius 1 is 1.08 bits per heavy atom. The number of rotatable bonds is 3. The van der Waals surface area contributed by atoms with Crippen molar-refractivity contribution in [2.24, 2.45) is 0 Å². The maximum absolute atomic E-state index is 3.87. The Balaban J connectivity index is 3.11. The van der Waals surface area contributed by atoms with Gasteiger partial charge in [0.15, 0.2) is 0 Å². The van der Waals surface area contributed by atoms with Gasteiger partial charge in [-0.1, -0.05) is 53.5 Å². The van der Waals surface area contributed by atoms with E-state index in [1.54, 1.807) is 0 Å². The predicted octanol–water partition coefficient (Wildman–Crippen LogP) is 2.42. The Bertz CT molecular complexity index is 266. The molecule has 62 valence electrons. The Kier molecular flexibility index (Phi) is 2.66. The minimum Gasteiger partial charge on any atom is -0.106 e. The van der Waals surface area contributed by atoms with Crippen LogP contribution in [0.5, 0.6) is 0 Å². The van der Waals surface area contributed by atoms with Crippen molar-refractivity contribution < 1.29 is 0 Å². The van der Waals surface area contributed by atoms with Crippen molar-refractivity contribution in [3.05, 3.63) is 54.9 Å². The molecule has 0 aliphatic rings. The Morgan fingerprint density at radius 2 is 1.58 bits per heavy atom. The monoisotopic (exact) mass is 174 g/mol. The molecule has 0 saturated heterocycles. The van der Waals surface area contributed by atoms with Crippen LogP contribution in [-0.2, 0) is 0 Å². The fourth-order valence-corrected chi connectivity index (χ4v) is 2.67. The molecule has 1 rings (SSSR count). The molecule has 1 aromatic rings. The Hall–Kier alpha value is -1.08. The minimum absolute atomic E-state index is 1.37. The second-order valence-corrected chi connectivity index (χ2v) is 7.02. The summed E-state index contributed by atoms with van der Waals surface area (Å²) in [6.07, 6.45) is 0. The Labute approximate surface area is 75.3 Å². The molecule has 0 spiro atoms.